The van der Waals surface area contributed by atoms with Crippen molar-refractivity contribution in [3.63, 3.8) is 0 Å². The quantitative estimate of drug-likeness (QED) is 0.922. The standard InChI is InChI=1S/C20H26N2O2/c23-19(13-14-4-5-15-2-1-3-17(15)12-14)22-10-8-16(9-11-22)20(24)21-18-6-7-18/h4-5,12,16,18H,1-3,6-11,13H2,(H,21,24). The number of fused-ring (bicyclic) bond motifs is 1. The molecule has 2 fully saturated rings. The van der Waals surface area contributed by atoms with Crippen LogP contribution in [0.25, 0.3) is 0 Å². The van der Waals surface area contributed by atoms with Gasteiger partial charge in [0.2, 0.25) is 11.8 Å². The fraction of sp³-hybridized carbons (Fsp3) is 0.600. The van der Waals surface area contributed by atoms with Crippen LogP contribution < -0.4 is 5.32 Å². The Labute approximate surface area is 143 Å². The van der Waals surface area contributed by atoms with Crippen molar-refractivity contribution in [2.45, 2.75) is 57.4 Å². The van der Waals surface area contributed by atoms with Gasteiger partial charge in [-0.25, -0.2) is 0 Å². The summed E-state index contributed by atoms with van der Waals surface area (Å²) in [6.45, 7) is 1.43. The second-order valence-corrected chi connectivity index (χ2v) is 7.57. The zero-order valence-corrected chi connectivity index (χ0v) is 14.2. The van der Waals surface area contributed by atoms with E-state index in [1.165, 1.54) is 24.0 Å². The van der Waals surface area contributed by atoms with Gasteiger partial charge >= 0.3 is 0 Å². The van der Waals surface area contributed by atoms with Crippen LogP contribution in [-0.2, 0) is 28.9 Å². The molecule has 0 atom stereocenters. The summed E-state index contributed by atoms with van der Waals surface area (Å²) in [5, 5.41) is 3.09. The van der Waals surface area contributed by atoms with Gasteiger partial charge in [0.05, 0.1) is 6.42 Å². The smallest absolute Gasteiger partial charge is 0.226 e. The molecule has 2 amide bonds. The number of aryl methyl sites for hydroxylation is 2. The summed E-state index contributed by atoms with van der Waals surface area (Å²) in [6.07, 6.45) is 7.92. The first kappa shape index (κ1) is 15.7. The topological polar surface area (TPSA) is 49.4 Å². The zero-order valence-electron chi connectivity index (χ0n) is 14.2. The molecule has 1 N–H and O–H groups in total. The van der Waals surface area contributed by atoms with E-state index in [9.17, 15) is 9.59 Å². The van der Waals surface area contributed by atoms with Crippen molar-refractivity contribution >= 4 is 11.8 Å². The molecule has 0 aromatic heterocycles. The SMILES string of the molecule is O=C(NC1CC1)C1CCN(C(=O)Cc2ccc3c(c2)CCC3)CC1. The van der Waals surface area contributed by atoms with Crippen LogP contribution in [0, 0.1) is 5.92 Å². The highest BCUT2D eigenvalue weighted by Gasteiger charge is 2.31. The first-order valence-corrected chi connectivity index (χ1v) is 9.38. The summed E-state index contributed by atoms with van der Waals surface area (Å²) in [4.78, 5) is 26.6. The van der Waals surface area contributed by atoms with Crippen LogP contribution in [0.3, 0.4) is 0 Å². The van der Waals surface area contributed by atoms with Gasteiger partial charge in [0.1, 0.15) is 0 Å². The summed E-state index contributed by atoms with van der Waals surface area (Å²) < 4.78 is 0. The summed E-state index contributed by atoms with van der Waals surface area (Å²) >= 11 is 0. The molecule has 128 valence electrons. The summed E-state index contributed by atoms with van der Waals surface area (Å²) in [5.74, 6) is 0.492. The predicted octanol–water partition coefficient (Wildman–Crippen LogP) is 2.23. The lowest BCUT2D eigenvalue weighted by Crippen LogP contribution is -2.43. The molecule has 0 radical (unpaired) electrons. The average molecular weight is 326 g/mol. The maximum absolute atomic E-state index is 12.6. The maximum atomic E-state index is 12.6. The molecule has 1 saturated heterocycles. The molecule has 0 bridgehead atoms. The number of piperidine rings is 1. The summed E-state index contributed by atoms with van der Waals surface area (Å²) in [5.41, 5.74) is 4.01. The van der Waals surface area contributed by atoms with Gasteiger partial charge in [0.15, 0.2) is 0 Å². The normalized spacial score (nSPS) is 20.8. The van der Waals surface area contributed by atoms with E-state index in [0.29, 0.717) is 25.6 Å². The van der Waals surface area contributed by atoms with Crippen LogP contribution in [0.2, 0.25) is 0 Å². The summed E-state index contributed by atoms with van der Waals surface area (Å²) in [7, 11) is 0. The van der Waals surface area contributed by atoms with Gasteiger partial charge in [-0.1, -0.05) is 18.2 Å². The molecule has 1 saturated carbocycles. The number of nitrogens with zero attached hydrogens (tertiary/aromatic N) is 1. The van der Waals surface area contributed by atoms with Crippen molar-refractivity contribution in [2.24, 2.45) is 5.92 Å². The van der Waals surface area contributed by atoms with E-state index in [2.05, 4.69) is 23.5 Å². The molecule has 0 spiro atoms. The van der Waals surface area contributed by atoms with Crippen molar-refractivity contribution < 1.29 is 9.59 Å². The number of carbonyl (C=O) groups excluding carboxylic acids is 2. The number of nitrogens with one attached hydrogen (secondary N) is 1. The monoisotopic (exact) mass is 326 g/mol. The van der Waals surface area contributed by atoms with Crippen LogP contribution >= 0.6 is 0 Å². The van der Waals surface area contributed by atoms with Crippen LogP contribution in [0.1, 0.15) is 48.8 Å². The van der Waals surface area contributed by atoms with E-state index < -0.39 is 0 Å². The Morgan fingerprint density at radius 1 is 1.04 bits per heavy atom. The highest BCUT2D eigenvalue weighted by molar-refractivity contribution is 5.81. The van der Waals surface area contributed by atoms with Gasteiger partial charge in [0, 0.05) is 25.0 Å². The van der Waals surface area contributed by atoms with Gasteiger partial charge in [0.25, 0.3) is 0 Å². The zero-order chi connectivity index (χ0) is 16.5. The number of benzene rings is 1. The molecule has 0 unspecified atom stereocenters. The van der Waals surface area contributed by atoms with Crippen molar-refractivity contribution in [3.05, 3.63) is 34.9 Å². The fourth-order valence-electron chi connectivity index (χ4n) is 3.96. The lowest BCUT2D eigenvalue weighted by molar-refractivity contribution is -0.135. The number of rotatable bonds is 4. The third-order valence-electron chi connectivity index (χ3n) is 5.66. The Morgan fingerprint density at radius 3 is 2.54 bits per heavy atom. The van der Waals surface area contributed by atoms with Crippen molar-refractivity contribution in [1.29, 1.82) is 0 Å². The lowest BCUT2D eigenvalue weighted by atomic mass is 9.95. The van der Waals surface area contributed by atoms with Gasteiger partial charge in [-0.05, 0) is 61.6 Å². The largest absolute Gasteiger partial charge is 0.353 e. The van der Waals surface area contributed by atoms with E-state index in [1.807, 2.05) is 4.90 Å². The van der Waals surface area contributed by atoms with E-state index in [1.54, 1.807) is 0 Å². The second kappa shape index (κ2) is 6.58. The van der Waals surface area contributed by atoms with Crippen molar-refractivity contribution in [3.8, 4) is 0 Å². The van der Waals surface area contributed by atoms with E-state index in [-0.39, 0.29) is 17.7 Å². The molecule has 1 aromatic carbocycles. The first-order chi connectivity index (χ1) is 11.7. The first-order valence-electron chi connectivity index (χ1n) is 9.38. The molecule has 4 nitrogen and oxygen atoms in total. The highest BCUT2D eigenvalue weighted by Crippen LogP contribution is 2.25. The third-order valence-corrected chi connectivity index (χ3v) is 5.66. The molecule has 3 aliphatic rings. The Morgan fingerprint density at radius 2 is 1.79 bits per heavy atom. The minimum atomic E-state index is 0.0923. The van der Waals surface area contributed by atoms with Gasteiger partial charge in [-0.15, -0.1) is 0 Å². The molecular formula is C20H26N2O2. The van der Waals surface area contributed by atoms with Gasteiger partial charge in [-0.2, -0.15) is 0 Å². The minimum absolute atomic E-state index is 0.0923. The van der Waals surface area contributed by atoms with E-state index in [0.717, 1.165) is 37.7 Å². The number of hydrogen-bond acceptors (Lipinski definition) is 2. The minimum Gasteiger partial charge on any atom is -0.353 e. The van der Waals surface area contributed by atoms with Crippen LogP contribution in [0.4, 0.5) is 0 Å². The van der Waals surface area contributed by atoms with Crippen LogP contribution in [-0.4, -0.2) is 35.8 Å². The van der Waals surface area contributed by atoms with E-state index in [4.69, 9.17) is 0 Å². The Bertz CT molecular complexity index is 643. The van der Waals surface area contributed by atoms with Crippen molar-refractivity contribution in [1.82, 2.24) is 10.2 Å². The molecule has 2 aliphatic carbocycles. The molecule has 4 heteroatoms. The van der Waals surface area contributed by atoms with Gasteiger partial charge in [-0.3, -0.25) is 9.59 Å². The predicted molar refractivity (Wildman–Crippen MR) is 92.6 cm³/mol. The molecular weight excluding hydrogens is 300 g/mol. The lowest BCUT2D eigenvalue weighted by Gasteiger charge is -2.31. The van der Waals surface area contributed by atoms with Crippen molar-refractivity contribution in [2.75, 3.05) is 13.1 Å². The van der Waals surface area contributed by atoms with Crippen LogP contribution in [0.15, 0.2) is 18.2 Å². The maximum Gasteiger partial charge on any atom is 0.226 e. The molecule has 24 heavy (non-hydrogen) atoms. The van der Waals surface area contributed by atoms with Gasteiger partial charge < -0.3 is 10.2 Å². The Hall–Kier alpha value is -1.84. The fourth-order valence-corrected chi connectivity index (χ4v) is 3.96. The number of carbonyl (C=O) groups is 2. The second-order valence-electron chi connectivity index (χ2n) is 7.57. The molecule has 1 heterocycles. The number of hydrogen-bond donors (Lipinski definition) is 1. The summed E-state index contributed by atoms with van der Waals surface area (Å²) in [6, 6.07) is 6.95. The molecule has 1 aliphatic heterocycles. The number of amides is 2. The molecule has 4 rings (SSSR count). The van der Waals surface area contributed by atoms with E-state index >= 15 is 0 Å². The Kier molecular flexibility index (Phi) is 4.30. The number of likely N-dealkylation sites (tertiary alicyclic amines) is 1. The highest BCUT2D eigenvalue weighted by atomic mass is 16.2. The average Bonchev–Trinajstić information content (AvgIpc) is 3.29. The Balaban J connectivity index is 1.29. The molecule has 1 aromatic rings. The van der Waals surface area contributed by atoms with Crippen LogP contribution in [0.5, 0.6) is 0 Å². The third kappa shape index (κ3) is 3.47.